The number of benzene rings is 1. The van der Waals surface area contributed by atoms with Crippen LogP contribution in [0.5, 0.6) is 0 Å². The minimum Gasteiger partial charge on any atom is -0.469 e. The molecule has 0 aromatic heterocycles. The predicted octanol–water partition coefficient (Wildman–Crippen LogP) is 2.74. The molecule has 1 aromatic carbocycles. The molecule has 6 heteroatoms. The third-order valence-corrected chi connectivity index (χ3v) is 3.01. The van der Waals surface area contributed by atoms with Crippen LogP contribution in [0.2, 0.25) is 5.02 Å². The number of esters is 1. The minimum absolute atomic E-state index is 0.167. The van der Waals surface area contributed by atoms with Crippen LogP contribution >= 0.6 is 27.5 Å². The molecule has 0 unspecified atom stereocenters. The predicted molar refractivity (Wildman–Crippen MR) is 72.7 cm³/mol. The van der Waals surface area contributed by atoms with E-state index in [1.807, 2.05) is 0 Å². The first-order valence-corrected chi connectivity index (χ1v) is 6.39. The zero-order chi connectivity index (χ0) is 13.7. The fourth-order valence-electron chi connectivity index (χ4n) is 1.36. The summed E-state index contributed by atoms with van der Waals surface area (Å²) < 4.78 is 5.25. The van der Waals surface area contributed by atoms with Crippen LogP contribution in [0.15, 0.2) is 22.7 Å². The van der Waals surface area contributed by atoms with Gasteiger partial charge >= 0.3 is 5.97 Å². The number of nitrogens with zero attached hydrogens (tertiary/aromatic N) is 1. The van der Waals surface area contributed by atoms with E-state index in [2.05, 4.69) is 20.7 Å². The fourth-order valence-corrected chi connectivity index (χ4v) is 2.22. The molecule has 0 saturated carbocycles. The Balaban J connectivity index is 2.71. The first-order valence-electron chi connectivity index (χ1n) is 5.22. The van der Waals surface area contributed by atoms with Gasteiger partial charge in [-0.3, -0.25) is 9.59 Å². The highest BCUT2D eigenvalue weighted by atomic mass is 79.9. The molecule has 0 aliphatic carbocycles. The quantitative estimate of drug-likeness (QED) is 0.795. The second kappa shape index (κ2) is 6.75. The Bertz CT molecular complexity index is 444. The van der Waals surface area contributed by atoms with Crippen molar-refractivity contribution >= 4 is 39.4 Å². The maximum atomic E-state index is 12.0. The van der Waals surface area contributed by atoms with Crippen molar-refractivity contribution in [3.63, 3.8) is 0 Å². The number of rotatable bonds is 4. The Hall–Kier alpha value is -1.07. The van der Waals surface area contributed by atoms with Gasteiger partial charge in [-0.2, -0.15) is 0 Å². The van der Waals surface area contributed by atoms with Gasteiger partial charge in [-0.1, -0.05) is 27.5 Å². The fraction of sp³-hybridized carbons (Fsp3) is 0.333. The lowest BCUT2D eigenvalue weighted by atomic mass is 10.2. The molecular formula is C12H13BrClNO3. The van der Waals surface area contributed by atoms with E-state index >= 15 is 0 Å². The van der Waals surface area contributed by atoms with Crippen LogP contribution in [-0.2, 0) is 9.53 Å². The molecule has 0 heterocycles. The molecule has 0 aliphatic rings. The standard InChI is InChI=1S/C12H13BrClNO3/c1-15(4-3-11(16)18-2)12(17)8-5-9(13)7-10(14)6-8/h5-7H,3-4H2,1-2H3. The van der Waals surface area contributed by atoms with Gasteiger partial charge in [0.1, 0.15) is 0 Å². The van der Waals surface area contributed by atoms with Crippen LogP contribution in [0.4, 0.5) is 0 Å². The number of carbonyl (C=O) groups is 2. The number of methoxy groups -OCH3 is 1. The highest BCUT2D eigenvalue weighted by Gasteiger charge is 2.14. The summed E-state index contributed by atoms with van der Waals surface area (Å²) in [6.07, 6.45) is 0.167. The van der Waals surface area contributed by atoms with Crippen LogP contribution in [0.3, 0.4) is 0 Å². The van der Waals surface area contributed by atoms with Crippen LogP contribution in [0.1, 0.15) is 16.8 Å². The summed E-state index contributed by atoms with van der Waals surface area (Å²) in [5.41, 5.74) is 0.474. The Labute approximate surface area is 119 Å². The van der Waals surface area contributed by atoms with Gasteiger partial charge in [0.2, 0.25) is 0 Å². The third-order valence-electron chi connectivity index (χ3n) is 2.34. The molecule has 1 rings (SSSR count). The molecule has 1 aromatic rings. The van der Waals surface area contributed by atoms with Crippen LogP contribution < -0.4 is 0 Å². The number of hydrogen-bond donors (Lipinski definition) is 0. The van der Waals surface area contributed by atoms with E-state index in [0.29, 0.717) is 17.1 Å². The van der Waals surface area contributed by atoms with Gasteiger partial charge in [0.05, 0.1) is 13.5 Å². The van der Waals surface area contributed by atoms with Crippen molar-refractivity contribution in [2.45, 2.75) is 6.42 Å². The Morgan fingerprint density at radius 2 is 2.06 bits per heavy atom. The van der Waals surface area contributed by atoms with Gasteiger partial charge in [0, 0.05) is 28.7 Å². The average molecular weight is 335 g/mol. The van der Waals surface area contributed by atoms with E-state index in [-0.39, 0.29) is 18.3 Å². The molecule has 0 saturated heterocycles. The molecule has 0 bridgehead atoms. The summed E-state index contributed by atoms with van der Waals surface area (Å²) in [4.78, 5) is 24.5. The third kappa shape index (κ3) is 4.31. The van der Waals surface area contributed by atoms with Crippen LogP contribution in [0.25, 0.3) is 0 Å². The Morgan fingerprint density at radius 1 is 1.39 bits per heavy atom. The van der Waals surface area contributed by atoms with Crippen molar-refractivity contribution < 1.29 is 14.3 Å². The molecule has 1 amide bonds. The molecular weight excluding hydrogens is 321 g/mol. The second-order valence-corrected chi connectivity index (χ2v) is 5.06. The van der Waals surface area contributed by atoms with Gasteiger partial charge in [0.15, 0.2) is 0 Å². The second-order valence-electron chi connectivity index (χ2n) is 3.71. The summed E-state index contributed by atoms with van der Waals surface area (Å²) in [5.74, 6) is -0.538. The monoisotopic (exact) mass is 333 g/mol. The van der Waals surface area contributed by atoms with Crippen LogP contribution in [-0.4, -0.2) is 37.5 Å². The van der Waals surface area contributed by atoms with E-state index < -0.39 is 0 Å². The molecule has 0 radical (unpaired) electrons. The van der Waals surface area contributed by atoms with Crippen molar-refractivity contribution in [1.29, 1.82) is 0 Å². The number of carbonyl (C=O) groups excluding carboxylic acids is 2. The van der Waals surface area contributed by atoms with Gasteiger partial charge in [-0.05, 0) is 18.2 Å². The largest absolute Gasteiger partial charge is 0.469 e. The number of ether oxygens (including phenoxy) is 1. The SMILES string of the molecule is COC(=O)CCN(C)C(=O)c1cc(Cl)cc(Br)c1. The smallest absolute Gasteiger partial charge is 0.307 e. The molecule has 98 valence electrons. The first-order chi connectivity index (χ1) is 8.43. The van der Waals surface area contributed by atoms with E-state index in [0.717, 1.165) is 4.47 Å². The van der Waals surface area contributed by atoms with Gasteiger partial charge < -0.3 is 9.64 Å². The molecule has 0 spiro atoms. The summed E-state index contributed by atoms with van der Waals surface area (Å²) >= 11 is 9.15. The first kappa shape index (κ1) is 15.0. The number of amides is 1. The van der Waals surface area contributed by atoms with Crippen molar-refractivity contribution in [1.82, 2.24) is 4.90 Å². The highest BCUT2D eigenvalue weighted by Crippen LogP contribution is 2.20. The van der Waals surface area contributed by atoms with E-state index in [9.17, 15) is 9.59 Å². The molecule has 0 aliphatic heterocycles. The lowest BCUT2D eigenvalue weighted by molar-refractivity contribution is -0.140. The average Bonchev–Trinajstić information content (AvgIpc) is 2.33. The maximum Gasteiger partial charge on any atom is 0.307 e. The van der Waals surface area contributed by atoms with E-state index in [1.54, 1.807) is 25.2 Å². The van der Waals surface area contributed by atoms with Gasteiger partial charge in [-0.15, -0.1) is 0 Å². The Kier molecular flexibility index (Phi) is 5.62. The van der Waals surface area contributed by atoms with Crippen molar-refractivity contribution in [3.05, 3.63) is 33.3 Å². The van der Waals surface area contributed by atoms with Gasteiger partial charge in [-0.25, -0.2) is 0 Å². The summed E-state index contributed by atoms with van der Waals surface area (Å²) in [6.45, 7) is 0.301. The Morgan fingerprint density at radius 3 is 2.61 bits per heavy atom. The van der Waals surface area contributed by atoms with E-state index in [4.69, 9.17) is 11.6 Å². The zero-order valence-corrected chi connectivity index (χ0v) is 12.4. The molecule has 0 atom stereocenters. The normalized spacial score (nSPS) is 10.0. The lowest BCUT2D eigenvalue weighted by Crippen LogP contribution is -2.29. The molecule has 4 nitrogen and oxygen atoms in total. The van der Waals surface area contributed by atoms with Crippen LogP contribution in [0, 0.1) is 0 Å². The van der Waals surface area contributed by atoms with Crippen molar-refractivity contribution in [2.75, 3.05) is 20.7 Å². The molecule has 18 heavy (non-hydrogen) atoms. The summed E-state index contributed by atoms with van der Waals surface area (Å²) in [5, 5.41) is 0.481. The summed E-state index contributed by atoms with van der Waals surface area (Å²) in [6, 6.07) is 4.97. The minimum atomic E-state index is -0.345. The number of hydrogen-bond acceptors (Lipinski definition) is 3. The topological polar surface area (TPSA) is 46.6 Å². The lowest BCUT2D eigenvalue weighted by Gasteiger charge is -2.16. The highest BCUT2D eigenvalue weighted by molar-refractivity contribution is 9.10. The molecule has 0 fully saturated rings. The zero-order valence-electron chi connectivity index (χ0n) is 10.1. The summed E-state index contributed by atoms with van der Waals surface area (Å²) in [7, 11) is 2.94. The van der Waals surface area contributed by atoms with Crippen molar-refractivity contribution in [2.24, 2.45) is 0 Å². The van der Waals surface area contributed by atoms with E-state index in [1.165, 1.54) is 12.0 Å². The molecule has 0 N–H and O–H groups in total. The van der Waals surface area contributed by atoms with Gasteiger partial charge in [0.25, 0.3) is 5.91 Å². The number of halogens is 2. The maximum absolute atomic E-state index is 12.0. The van der Waals surface area contributed by atoms with Crippen molar-refractivity contribution in [3.8, 4) is 0 Å².